The Bertz CT molecular complexity index is 650. The largest absolute Gasteiger partial charge is 0.0950 e. The van der Waals surface area contributed by atoms with Gasteiger partial charge in [0.25, 0.3) is 0 Å². The van der Waals surface area contributed by atoms with E-state index >= 15 is 0 Å². The van der Waals surface area contributed by atoms with Crippen LogP contribution in [0.1, 0.15) is 114 Å². The fourth-order valence-electron chi connectivity index (χ4n) is 5.03. The molecule has 0 radical (unpaired) electrons. The molecule has 0 heterocycles. The van der Waals surface area contributed by atoms with Gasteiger partial charge in [-0.25, -0.2) is 0 Å². The summed E-state index contributed by atoms with van der Waals surface area (Å²) in [6.45, 7) is 33.0. The molecule has 1 aliphatic rings. The van der Waals surface area contributed by atoms with E-state index in [1.807, 2.05) is 0 Å². The van der Waals surface area contributed by atoms with Crippen molar-refractivity contribution in [3.05, 3.63) is 46.6 Å². The van der Waals surface area contributed by atoms with Crippen molar-refractivity contribution in [2.45, 2.75) is 114 Å². The maximum atomic E-state index is 4.82. The first kappa shape index (κ1) is 27.0. The maximum absolute atomic E-state index is 4.82. The topological polar surface area (TPSA) is 0 Å². The van der Waals surface area contributed by atoms with E-state index < -0.39 is 0 Å². The number of rotatable bonds is 12. The molecule has 0 fully saturated rings. The smallest absolute Gasteiger partial charge is 0.0165 e. The van der Waals surface area contributed by atoms with Gasteiger partial charge in [0, 0.05) is 5.41 Å². The zero-order valence-corrected chi connectivity index (χ0v) is 22.2. The van der Waals surface area contributed by atoms with E-state index in [2.05, 4.69) is 75.8 Å². The van der Waals surface area contributed by atoms with Crippen LogP contribution in [0.5, 0.6) is 0 Å². The standard InChI is InChI=1S/C30H52/c1-13-23(8)24(9)29-25(10)28(15-14-20(2)3)26(11)30(27(29)12,18-16-21(4)5)19-17-22(6)7/h20-23H,9,11,13-19H2,1-8,10,12H3. The van der Waals surface area contributed by atoms with Gasteiger partial charge in [0.05, 0.1) is 0 Å². The van der Waals surface area contributed by atoms with Gasteiger partial charge in [0.2, 0.25) is 0 Å². The second-order valence-electron chi connectivity index (χ2n) is 11.3. The lowest BCUT2D eigenvalue weighted by Gasteiger charge is -2.45. The van der Waals surface area contributed by atoms with Crippen LogP contribution in [0, 0.1) is 29.1 Å². The summed E-state index contributed by atoms with van der Waals surface area (Å²) in [4.78, 5) is 0. The molecule has 0 saturated heterocycles. The Labute approximate surface area is 190 Å². The van der Waals surface area contributed by atoms with Crippen molar-refractivity contribution in [2.24, 2.45) is 29.1 Å². The van der Waals surface area contributed by atoms with Crippen molar-refractivity contribution in [2.75, 3.05) is 0 Å². The SMILES string of the molecule is C=C(C1=C(C)C(CCC(C)C)(CCC(C)C)C(=C)C(CCC(C)C)=C1C)C(C)CC. The van der Waals surface area contributed by atoms with Crippen LogP contribution in [0.15, 0.2) is 46.6 Å². The zero-order chi connectivity index (χ0) is 23.2. The summed E-state index contributed by atoms with van der Waals surface area (Å²) in [5.41, 5.74) is 8.94. The van der Waals surface area contributed by atoms with E-state index in [0.717, 1.165) is 12.8 Å². The van der Waals surface area contributed by atoms with Crippen LogP contribution in [0.25, 0.3) is 0 Å². The van der Waals surface area contributed by atoms with Crippen molar-refractivity contribution in [3.8, 4) is 0 Å². The first-order chi connectivity index (χ1) is 13.9. The van der Waals surface area contributed by atoms with Gasteiger partial charge in [-0.3, -0.25) is 0 Å². The Morgan fingerprint density at radius 2 is 1.30 bits per heavy atom. The number of hydrogen-bond donors (Lipinski definition) is 0. The minimum absolute atomic E-state index is 0.103. The average Bonchev–Trinajstić information content (AvgIpc) is 2.66. The van der Waals surface area contributed by atoms with Crippen LogP contribution in [-0.4, -0.2) is 0 Å². The molecule has 1 aliphatic carbocycles. The molecule has 1 unspecified atom stereocenters. The molecule has 0 aromatic carbocycles. The summed E-state index contributed by atoms with van der Waals surface area (Å²) < 4.78 is 0. The van der Waals surface area contributed by atoms with E-state index in [1.54, 1.807) is 11.1 Å². The van der Waals surface area contributed by atoms with Crippen LogP contribution in [0.2, 0.25) is 0 Å². The summed E-state index contributed by atoms with van der Waals surface area (Å²) >= 11 is 0. The van der Waals surface area contributed by atoms with E-state index in [4.69, 9.17) is 6.58 Å². The highest BCUT2D eigenvalue weighted by Crippen LogP contribution is 2.55. The monoisotopic (exact) mass is 412 g/mol. The van der Waals surface area contributed by atoms with Gasteiger partial charge in [0.1, 0.15) is 0 Å². The molecule has 1 atom stereocenters. The van der Waals surface area contributed by atoms with Crippen molar-refractivity contribution < 1.29 is 0 Å². The van der Waals surface area contributed by atoms with Gasteiger partial charge in [-0.2, -0.15) is 0 Å². The minimum Gasteiger partial charge on any atom is -0.0950 e. The fourth-order valence-corrected chi connectivity index (χ4v) is 5.03. The lowest BCUT2D eigenvalue weighted by atomic mass is 9.58. The third kappa shape index (κ3) is 6.24. The third-order valence-corrected chi connectivity index (χ3v) is 7.66. The van der Waals surface area contributed by atoms with Crippen LogP contribution in [-0.2, 0) is 0 Å². The summed E-state index contributed by atoms with van der Waals surface area (Å²) in [5.74, 6) is 2.67. The Balaban J connectivity index is 3.67. The predicted molar refractivity (Wildman–Crippen MR) is 138 cm³/mol. The molecular weight excluding hydrogens is 360 g/mol. The Kier molecular flexibility index (Phi) is 10.4. The van der Waals surface area contributed by atoms with E-state index in [-0.39, 0.29) is 5.41 Å². The molecule has 0 aromatic heterocycles. The Morgan fingerprint density at radius 3 is 1.70 bits per heavy atom. The molecule has 0 aromatic rings. The van der Waals surface area contributed by atoms with Crippen LogP contribution < -0.4 is 0 Å². The highest BCUT2D eigenvalue weighted by molar-refractivity contribution is 5.62. The molecule has 0 N–H and O–H groups in total. The quantitative estimate of drug-likeness (QED) is 0.299. The van der Waals surface area contributed by atoms with Gasteiger partial charge < -0.3 is 0 Å². The summed E-state index contributed by atoms with van der Waals surface area (Å²) in [7, 11) is 0. The average molecular weight is 413 g/mol. The van der Waals surface area contributed by atoms with Crippen molar-refractivity contribution in [1.29, 1.82) is 0 Å². The lowest BCUT2D eigenvalue weighted by Crippen LogP contribution is -2.32. The molecule has 0 aliphatic heterocycles. The summed E-state index contributed by atoms with van der Waals surface area (Å²) in [5, 5.41) is 0. The zero-order valence-electron chi connectivity index (χ0n) is 22.2. The van der Waals surface area contributed by atoms with Gasteiger partial charge >= 0.3 is 0 Å². The first-order valence-electron chi connectivity index (χ1n) is 12.7. The molecule has 0 saturated carbocycles. The molecule has 30 heavy (non-hydrogen) atoms. The highest BCUT2D eigenvalue weighted by atomic mass is 14.5. The second-order valence-corrected chi connectivity index (χ2v) is 11.3. The minimum atomic E-state index is 0.103. The normalized spacial score (nSPS) is 18.2. The maximum Gasteiger partial charge on any atom is 0.0165 e. The number of hydrogen-bond acceptors (Lipinski definition) is 0. The fraction of sp³-hybridized carbons (Fsp3) is 0.733. The van der Waals surface area contributed by atoms with Gasteiger partial charge in [-0.05, 0) is 110 Å². The van der Waals surface area contributed by atoms with Crippen LogP contribution >= 0.6 is 0 Å². The van der Waals surface area contributed by atoms with Crippen molar-refractivity contribution in [3.63, 3.8) is 0 Å². The van der Waals surface area contributed by atoms with E-state index in [9.17, 15) is 0 Å². The summed E-state index contributed by atoms with van der Waals surface area (Å²) in [6.07, 6.45) is 8.49. The third-order valence-electron chi connectivity index (χ3n) is 7.66. The Morgan fingerprint density at radius 1 is 0.833 bits per heavy atom. The first-order valence-corrected chi connectivity index (χ1v) is 12.7. The molecule has 0 bridgehead atoms. The molecular formula is C30H52. The van der Waals surface area contributed by atoms with Crippen LogP contribution in [0.4, 0.5) is 0 Å². The lowest BCUT2D eigenvalue weighted by molar-refractivity contribution is 0.301. The van der Waals surface area contributed by atoms with Crippen molar-refractivity contribution >= 4 is 0 Å². The summed E-state index contributed by atoms with van der Waals surface area (Å²) in [6, 6.07) is 0. The number of allylic oxidation sites excluding steroid dienone is 6. The second kappa shape index (κ2) is 11.5. The van der Waals surface area contributed by atoms with Gasteiger partial charge in [-0.15, -0.1) is 0 Å². The molecule has 0 spiro atoms. The van der Waals surface area contributed by atoms with Gasteiger partial charge in [0.15, 0.2) is 0 Å². The highest BCUT2D eigenvalue weighted by Gasteiger charge is 2.42. The predicted octanol–water partition coefficient (Wildman–Crippen LogP) is 10.1. The Hall–Kier alpha value is -1.04. The molecule has 1 rings (SSSR count). The van der Waals surface area contributed by atoms with Crippen molar-refractivity contribution in [1.82, 2.24) is 0 Å². The van der Waals surface area contributed by atoms with Crippen LogP contribution in [0.3, 0.4) is 0 Å². The molecule has 0 nitrogen and oxygen atoms in total. The van der Waals surface area contributed by atoms with Gasteiger partial charge in [-0.1, -0.05) is 74.1 Å². The molecule has 0 amide bonds. The van der Waals surface area contributed by atoms with E-state index in [1.165, 1.54) is 54.4 Å². The van der Waals surface area contributed by atoms with E-state index in [0.29, 0.717) is 23.7 Å². The molecule has 172 valence electrons. The molecule has 0 heteroatoms.